The van der Waals surface area contributed by atoms with Gasteiger partial charge in [0.15, 0.2) is 0 Å². The minimum atomic E-state index is -0.945. The molecule has 0 bridgehead atoms. The van der Waals surface area contributed by atoms with E-state index >= 15 is 0 Å². The normalized spacial score (nSPS) is 25.3. The van der Waals surface area contributed by atoms with Gasteiger partial charge < -0.3 is 5.11 Å². The third-order valence-electron chi connectivity index (χ3n) is 4.97. The maximum atomic E-state index is 12.4. The first kappa shape index (κ1) is 15.6. The van der Waals surface area contributed by atoms with Crippen LogP contribution in [0.1, 0.15) is 30.4 Å². The Kier molecular flexibility index (Phi) is 4.54. The molecule has 4 nitrogen and oxygen atoms in total. The molecule has 1 aromatic carbocycles. The van der Waals surface area contributed by atoms with Crippen LogP contribution in [0.3, 0.4) is 0 Å². The van der Waals surface area contributed by atoms with Gasteiger partial charge in [0.05, 0.1) is 0 Å². The number of rotatable bonds is 5. The number of aliphatic carboxylic acids is 1. The van der Waals surface area contributed by atoms with E-state index in [1.54, 1.807) is 0 Å². The molecule has 22 heavy (non-hydrogen) atoms. The first-order valence-electron chi connectivity index (χ1n) is 7.84. The summed E-state index contributed by atoms with van der Waals surface area (Å²) >= 11 is 4.17. The van der Waals surface area contributed by atoms with E-state index in [0.717, 1.165) is 19.3 Å². The third-order valence-corrected chi connectivity index (χ3v) is 5.42. The molecule has 1 N–H and O–H groups in total. The molecule has 1 unspecified atom stereocenters. The standard InChI is InChI=1S/C17H21NO3S/c19-15(14-7-8-18(22)16(14)17(20)21)6-5-11-9-12-3-1-2-4-13(12)10-11/h1-4,11,14,16,22H,5-10H2,(H,20,21)/t14?,16-/m0/s1. The van der Waals surface area contributed by atoms with Crippen molar-refractivity contribution in [3.63, 3.8) is 0 Å². The number of benzene rings is 1. The Hall–Kier alpha value is -1.33. The number of hydrogen-bond acceptors (Lipinski definition) is 4. The number of thiol groups is 1. The van der Waals surface area contributed by atoms with Crippen LogP contribution in [0.4, 0.5) is 0 Å². The molecule has 0 saturated carbocycles. The van der Waals surface area contributed by atoms with Crippen LogP contribution < -0.4 is 0 Å². The molecule has 1 fully saturated rings. The van der Waals surface area contributed by atoms with Crippen molar-refractivity contribution < 1.29 is 14.7 Å². The maximum absolute atomic E-state index is 12.4. The molecule has 0 radical (unpaired) electrons. The number of nitrogens with zero attached hydrogens (tertiary/aromatic N) is 1. The van der Waals surface area contributed by atoms with Crippen molar-refractivity contribution in [1.29, 1.82) is 0 Å². The van der Waals surface area contributed by atoms with E-state index in [2.05, 4.69) is 37.1 Å². The van der Waals surface area contributed by atoms with Gasteiger partial charge in [0.1, 0.15) is 11.8 Å². The Balaban J connectivity index is 1.54. The van der Waals surface area contributed by atoms with Crippen LogP contribution in [0, 0.1) is 11.8 Å². The summed E-state index contributed by atoms with van der Waals surface area (Å²) in [5.41, 5.74) is 2.79. The first-order valence-corrected chi connectivity index (χ1v) is 8.24. The van der Waals surface area contributed by atoms with E-state index in [4.69, 9.17) is 0 Å². The first-order chi connectivity index (χ1) is 10.6. The fraction of sp³-hybridized carbons (Fsp3) is 0.529. The summed E-state index contributed by atoms with van der Waals surface area (Å²) in [5, 5.41) is 9.26. The predicted molar refractivity (Wildman–Crippen MR) is 86.8 cm³/mol. The molecule has 1 aliphatic heterocycles. The zero-order chi connectivity index (χ0) is 15.7. The molecule has 0 aromatic heterocycles. The van der Waals surface area contributed by atoms with Crippen LogP contribution in [0.25, 0.3) is 0 Å². The lowest BCUT2D eigenvalue weighted by Gasteiger charge is -2.19. The van der Waals surface area contributed by atoms with E-state index in [9.17, 15) is 14.7 Å². The van der Waals surface area contributed by atoms with Gasteiger partial charge in [-0.2, -0.15) is 0 Å². The van der Waals surface area contributed by atoms with Crippen LogP contribution in [0.2, 0.25) is 0 Å². The summed E-state index contributed by atoms with van der Waals surface area (Å²) < 4.78 is 1.48. The molecule has 118 valence electrons. The number of hydrogen-bond donors (Lipinski definition) is 2. The summed E-state index contributed by atoms with van der Waals surface area (Å²) in [6, 6.07) is 7.67. The average Bonchev–Trinajstić information content (AvgIpc) is 3.07. The van der Waals surface area contributed by atoms with Gasteiger partial charge in [0.25, 0.3) is 0 Å². The van der Waals surface area contributed by atoms with Gasteiger partial charge in [-0.1, -0.05) is 37.1 Å². The second kappa shape index (κ2) is 6.42. The number of carboxylic acid groups (broad SMARTS) is 1. The molecule has 5 heteroatoms. The Morgan fingerprint density at radius 3 is 2.45 bits per heavy atom. The fourth-order valence-electron chi connectivity index (χ4n) is 3.80. The van der Waals surface area contributed by atoms with Gasteiger partial charge in [-0.05, 0) is 42.7 Å². The monoisotopic (exact) mass is 319 g/mol. The summed E-state index contributed by atoms with van der Waals surface area (Å²) in [6.45, 7) is 0.561. The van der Waals surface area contributed by atoms with Gasteiger partial charge >= 0.3 is 5.97 Å². The third kappa shape index (κ3) is 3.06. The maximum Gasteiger partial charge on any atom is 0.322 e. The number of carbonyl (C=O) groups is 2. The molecule has 1 aliphatic carbocycles. The zero-order valence-electron chi connectivity index (χ0n) is 12.4. The van der Waals surface area contributed by atoms with E-state index in [1.807, 2.05) is 0 Å². The molecule has 2 atom stereocenters. The predicted octanol–water partition coefficient (Wildman–Crippen LogP) is 2.37. The highest BCUT2D eigenvalue weighted by atomic mass is 32.1. The van der Waals surface area contributed by atoms with E-state index in [1.165, 1.54) is 15.4 Å². The van der Waals surface area contributed by atoms with Crippen molar-refractivity contribution in [2.24, 2.45) is 11.8 Å². The van der Waals surface area contributed by atoms with Crippen molar-refractivity contribution in [3.05, 3.63) is 35.4 Å². The lowest BCUT2D eigenvalue weighted by atomic mass is 9.89. The lowest BCUT2D eigenvalue weighted by molar-refractivity contribution is -0.144. The Morgan fingerprint density at radius 1 is 1.23 bits per heavy atom. The number of Topliss-reactive ketones (excluding diaryl/α,β-unsaturated/α-hetero) is 1. The van der Waals surface area contributed by atoms with Crippen molar-refractivity contribution >= 4 is 24.6 Å². The van der Waals surface area contributed by atoms with E-state index < -0.39 is 17.9 Å². The molecule has 1 aromatic rings. The highest BCUT2D eigenvalue weighted by molar-refractivity contribution is 7.77. The van der Waals surface area contributed by atoms with Gasteiger partial charge in [0.2, 0.25) is 0 Å². The number of fused-ring (bicyclic) bond motifs is 1. The van der Waals surface area contributed by atoms with Crippen LogP contribution in [0.15, 0.2) is 24.3 Å². The molecule has 1 saturated heterocycles. The summed E-state index contributed by atoms with van der Waals surface area (Å²) in [7, 11) is 0. The van der Waals surface area contributed by atoms with Crippen molar-refractivity contribution in [1.82, 2.24) is 4.31 Å². The minimum Gasteiger partial charge on any atom is -0.480 e. The molecule has 0 spiro atoms. The number of carboxylic acids is 1. The Labute approximate surface area is 136 Å². The molecular weight excluding hydrogens is 298 g/mol. The summed E-state index contributed by atoms with van der Waals surface area (Å²) in [5.74, 6) is -0.754. The largest absolute Gasteiger partial charge is 0.480 e. The highest BCUT2D eigenvalue weighted by Gasteiger charge is 2.41. The summed E-state index contributed by atoms with van der Waals surface area (Å²) in [6.07, 6.45) is 4.01. The number of carbonyl (C=O) groups excluding carboxylic acids is 1. The molecule has 1 heterocycles. The smallest absolute Gasteiger partial charge is 0.322 e. The van der Waals surface area contributed by atoms with E-state index in [-0.39, 0.29) is 5.78 Å². The Bertz CT molecular complexity index is 564. The molecule has 3 rings (SSSR count). The number of ketones is 1. The van der Waals surface area contributed by atoms with E-state index in [0.29, 0.717) is 25.3 Å². The molecule has 2 aliphatic rings. The summed E-state index contributed by atoms with van der Waals surface area (Å²) in [4.78, 5) is 23.7. The van der Waals surface area contributed by atoms with Gasteiger partial charge in [-0.15, -0.1) is 0 Å². The van der Waals surface area contributed by atoms with Crippen molar-refractivity contribution in [2.45, 2.75) is 38.1 Å². The van der Waals surface area contributed by atoms with Crippen LogP contribution in [0.5, 0.6) is 0 Å². The van der Waals surface area contributed by atoms with Crippen LogP contribution in [-0.4, -0.2) is 33.8 Å². The average molecular weight is 319 g/mol. The van der Waals surface area contributed by atoms with Crippen LogP contribution >= 0.6 is 12.8 Å². The molecule has 0 amide bonds. The zero-order valence-corrected chi connectivity index (χ0v) is 13.3. The Morgan fingerprint density at radius 2 is 1.86 bits per heavy atom. The second-order valence-corrected chi connectivity index (χ2v) is 6.90. The van der Waals surface area contributed by atoms with Crippen molar-refractivity contribution in [2.75, 3.05) is 6.54 Å². The highest BCUT2D eigenvalue weighted by Crippen LogP contribution is 2.32. The van der Waals surface area contributed by atoms with Crippen molar-refractivity contribution in [3.8, 4) is 0 Å². The topological polar surface area (TPSA) is 57.6 Å². The fourth-order valence-corrected chi connectivity index (χ4v) is 4.17. The quantitative estimate of drug-likeness (QED) is 0.818. The minimum absolute atomic E-state index is 0.0832. The van der Waals surface area contributed by atoms with Gasteiger partial charge in [0, 0.05) is 18.9 Å². The van der Waals surface area contributed by atoms with Gasteiger partial charge in [-0.25, -0.2) is 4.31 Å². The van der Waals surface area contributed by atoms with Gasteiger partial charge in [-0.3, -0.25) is 9.59 Å². The molecular formula is C17H21NO3S. The SMILES string of the molecule is O=C(CCC1Cc2ccccc2C1)C1CCN(S)[C@@H]1C(=O)O. The second-order valence-electron chi connectivity index (χ2n) is 6.39. The lowest BCUT2D eigenvalue weighted by Crippen LogP contribution is -2.37. The van der Waals surface area contributed by atoms with Crippen LogP contribution in [-0.2, 0) is 22.4 Å².